The van der Waals surface area contributed by atoms with Gasteiger partial charge < -0.3 is 31.1 Å². The van der Waals surface area contributed by atoms with Gasteiger partial charge in [-0.15, -0.1) is 0 Å². The molecule has 8 nitrogen and oxygen atoms in total. The molecule has 1 fully saturated rings. The summed E-state index contributed by atoms with van der Waals surface area (Å²) in [5, 5.41) is 28.9. The van der Waals surface area contributed by atoms with Gasteiger partial charge >= 0.3 is 6.03 Å². The van der Waals surface area contributed by atoms with Crippen LogP contribution in [0.1, 0.15) is 28.8 Å². The first-order valence-electron chi connectivity index (χ1n) is 11.3. The number of rotatable bonds is 6. The molecule has 0 aliphatic carbocycles. The van der Waals surface area contributed by atoms with Gasteiger partial charge in [-0.3, -0.25) is 4.79 Å². The molecule has 0 saturated carbocycles. The summed E-state index contributed by atoms with van der Waals surface area (Å²) in [5.41, 5.74) is 2.20. The van der Waals surface area contributed by atoms with Gasteiger partial charge in [0, 0.05) is 23.5 Å². The van der Waals surface area contributed by atoms with Gasteiger partial charge in [0.25, 0.3) is 5.91 Å². The second-order valence-electron chi connectivity index (χ2n) is 8.25. The van der Waals surface area contributed by atoms with E-state index in [-0.39, 0.29) is 35.7 Å². The highest BCUT2D eigenvalue weighted by molar-refractivity contribution is 6.08. The second kappa shape index (κ2) is 10.7. The number of nitrogens with zero attached hydrogens (tertiary/aromatic N) is 1. The normalized spacial score (nSPS) is 13.8. The SMILES string of the molecule is O=C(Nc1ccc(N(Cc2ccccc2)C(=O)c2ccc(O)cc2O)cc1)NC1CCNCC1. The fourth-order valence-corrected chi connectivity index (χ4v) is 3.94. The van der Waals surface area contributed by atoms with E-state index < -0.39 is 5.91 Å². The van der Waals surface area contributed by atoms with Crippen LogP contribution in [-0.2, 0) is 6.54 Å². The highest BCUT2D eigenvalue weighted by Crippen LogP contribution is 2.28. The number of aromatic hydroxyl groups is 2. The van der Waals surface area contributed by atoms with Crippen LogP contribution < -0.4 is 20.9 Å². The van der Waals surface area contributed by atoms with E-state index in [9.17, 15) is 19.8 Å². The third-order valence-corrected chi connectivity index (χ3v) is 5.75. The average molecular weight is 461 g/mol. The van der Waals surface area contributed by atoms with E-state index in [1.807, 2.05) is 30.3 Å². The van der Waals surface area contributed by atoms with Crippen molar-refractivity contribution in [2.45, 2.75) is 25.4 Å². The van der Waals surface area contributed by atoms with Crippen LogP contribution in [-0.4, -0.2) is 41.3 Å². The Labute approximate surface area is 198 Å². The molecule has 0 unspecified atom stereocenters. The number of hydrogen-bond acceptors (Lipinski definition) is 5. The third-order valence-electron chi connectivity index (χ3n) is 5.75. The molecule has 0 spiro atoms. The van der Waals surface area contributed by atoms with E-state index in [1.165, 1.54) is 12.1 Å². The minimum Gasteiger partial charge on any atom is -0.508 e. The van der Waals surface area contributed by atoms with Crippen molar-refractivity contribution in [2.75, 3.05) is 23.3 Å². The highest BCUT2D eigenvalue weighted by Gasteiger charge is 2.22. The highest BCUT2D eigenvalue weighted by atomic mass is 16.3. The Morgan fingerprint density at radius 1 is 0.941 bits per heavy atom. The van der Waals surface area contributed by atoms with Crippen molar-refractivity contribution in [2.24, 2.45) is 0 Å². The molecule has 8 heteroatoms. The molecule has 3 aromatic rings. The molecule has 0 bridgehead atoms. The molecule has 34 heavy (non-hydrogen) atoms. The summed E-state index contributed by atoms with van der Waals surface area (Å²) in [6.45, 7) is 2.06. The zero-order valence-corrected chi connectivity index (χ0v) is 18.7. The minimum atomic E-state index is -0.411. The standard InChI is InChI=1S/C26H28N4O4/c31-22-10-11-23(24(32)16-22)25(33)30(17-18-4-2-1-3-5-18)21-8-6-19(7-9-21)28-26(34)29-20-12-14-27-15-13-20/h1-11,16,20,27,31-32H,12-15,17H2,(H2,28,29,34). The molecule has 4 rings (SSSR count). The lowest BCUT2D eigenvalue weighted by Crippen LogP contribution is -2.44. The molecule has 5 N–H and O–H groups in total. The number of hydrogen-bond donors (Lipinski definition) is 5. The van der Waals surface area contributed by atoms with Crippen LogP contribution in [0, 0.1) is 0 Å². The number of anilines is 2. The molecule has 1 heterocycles. The van der Waals surface area contributed by atoms with Gasteiger partial charge in [0.05, 0.1) is 12.1 Å². The largest absolute Gasteiger partial charge is 0.508 e. The van der Waals surface area contributed by atoms with Crippen LogP contribution in [0.15, 0.2) is 72.8 Å². The lowest BCUT2D eigenvalue weighted by molar-refractivity contribution is 0.0982. The zero-order valence-electron chi connectivity index (χ0n) is 18.7. The van der Waals surface area contributed by atoms with Gasteiger partial charge in [0.15, 0.2) is 0 Å². The van der Waals surface area contributed by atoms with Crippen molar-refractivity contribution in [1.29, 1.82) is 0 Å². The summed E-state index contributed by atoms with van der Waals surface area (Å²) >= 11 is 0. The summed E-state index contributed by atoms with van der Waals surface area (Å²) < 4.78 is 0. The molecule has 0 radical (unpaired) electrons. The molecule has 0 aromatic heterocycles. The van der Waals surface area contributed by atoms with Crippen molar-refractivity contribution in [3.05, 3.63) is 83.9 Å². The first-order chi connectivity index (χ1) is 16.5. The Kier molecular flexibility index (Phi) is 7.29. The van der Waals surface area contributed by atoms with E-state index in [0.717, 1.165) is 37.6 Å². The first kappa shape index (κ1) is 23.1. The fourth-order valence-electron chi connectivity index (χ4n) is 3.94. The zero-order chi connectivity index (χ0) is 23.9. The smallest absolute Gasteiger partial charge is 0.319 e. The number of amides is 3. The number of carbonyl (C=O) groups excluding carboxylic acids is 2. The van der Waals surface area contributed by atoms with Crippen molar-refractivity contribution in [1.82, 2.24) is 10.6 Å². The maximum atomic E-state index is 13.4. The number of phenols is 2. The predicted molar refractivity (Wildman–Crippen MR) is 131 cm³/mol. The van der Waals surface area contributed by atoms with Crippen LogP contribution in [0.5, 0.6) is 11.5 Å². The Morgan fingerprint density at radius 3 is 2.32 bits per heavy atom. The number of benzene rings is 3. The number of phenolic OH excluding ortho intramolecular Hbond substituents is 2. The van der Waals surface area contributed by atoms with Crippen LogP contribution in [0.2, 0.25) is 0 Å². The van der Waals surface area contributed by atoms with E-state index in [1.54, 1.807) is 29.2 Å². The average Bonchev–Trinajstić information content (AvgIpc) is 2.84. The minimum absolute atomic E-state index is 0.0808. The summed E-state index contributed by atoms with van der Waals surface area (Å²) in [7, 11) is 0. The van der Waals surface area contributed by atoms with Gasteiger partial charge in [-0.05, 0) is 67.9 Å². The van der Waals surface area contributed by atoms with E-state index in [0.29, 0.717) is 11.4 Å². The van der Waals surface area contributed by atoms with Crippen LogP contribution >= 0.6 is 0 Å². The molecular weight excluding hydrogens is 432 g/mol. The van der Waals surface area contributed by atoms with Gasteiger partial charge in [-0.2, -0.15) is 0 Å². The van der Waals surface area contributed by atoms with Gasteiger partial charge in [-0.25, -0.2) is 4.79 Å². The second-order valence-corrected chi connectivity index (χ2v) is 8.25. The quantitative estimate of drug-likeness (QED) is 0.384. The van der Waals surface area contributed by atoms with Crippen molar-refractivity contribution in [3.63, 3.8) is 0 Å². The summed E-state index contributed by atoms with van der Waals surface area (Å²) in [4.78, 5) is 27.3. The summed E-state index contributed by atoms with van der Waals surface area (Å²) in [6, 6.07) is 20.3. The van der Waals surface area contributed by atoms with Crippen LogP contribution in [0.25, 0.3) is 0 Å². The van der Waals surface area contributed by atoms with Gasteiger partial charge in [0.2, 0.25) is 0 Å². The number of nitrogens with one attached hydrogen (secondary N) is 3. The third kappa shape index (κ3) is 5.85. The fraction of sp³-hybridized carbons (Fsp3) is 0.231. The van der Waals surface area contributed by atoms with Crippen molar-refractivity contribution >= 4 is 23.3 Å². The Hall–Kier alpha value is -4.04. The first-order valence-corrected chi connectivity index (χ1v) is 11.3. The maximum Gasteiger partial charge on any atom is 0.319 e. The Bertz CT molecular complexity index is 1130. The predicted octanol–water partition coefficient (Wildman–Crippen LogP) is 3.82. The lowest BCUT2D eigenvalue weighted by Gasteiger charge is -2.25. The number of piperidine rings is 1. The van der Waals surface area contributed by atoms with E-state index in [4.69, 9.17) is 0 Å². The van der Waals surface area contributed by atoms with Gasteiger partial charge in [-0.1, -0.05) is 30.3 Å². The van der Waals surface area contributed by atoms with Crippen molar-refractivity contribution < 1.29 is 19.8 Å². The topological polar surface area (TPSA) is 114 Å². The molecule has 0 atom stereocenters. The molecule has 176 valence electrons. The van der Waals surface area contributed by atoms with Crippen molar-refractivity contribution in [3.8, 4) is 11.5 Å². The molecule has 1 saturated heterocycles. The van der Waals surface area contributed by atoms with Gasteiger partial charge in [0.1, 0.15) is 11.5 Å². The molecule has 3 aromatic carbocycles. The summed E-state index contributed by atoms with van der Waals surface area (Å²) in [6.07, 6.45) is 1.79. The Morgan fingerprint density at radius 2 is 1.65 bits per heavy atom. The number of urea groups is 1. The van der Waals surface area contributed by atoms with E-state index >= 15 is 0 Å². The lowest BCUT2D eigenvalue weighted by atomic mass is 10.1. The molecule has 1 aliphatic rings. The van der Waals surface area contributed by atoms with Crippen LogP contribution in [0.3, 0.4) is 0 Å². The summed E-state index contributed by atoms with van der Waals surface area (Å²) in [5.74, 6) is -0.830. The van der Waals surface area contributed by atoms with E-state index in [2.05, 4.69) is 16.0 Å². The Balaban J connectivity index is 1.52. The molecule has 3 amide bonds. The molecule has 1 aliphatic heterocycles. The maximum absolute atomic E-state index is 13.4. The molecular formula is C26H28N4O4. The monoisotopic (exact) mass is 460 g/mol. The van der Waals surface area contributed by atoms with Crippen LogP contribution in [0.4, 0.5) is 16.2 Å². The number of carbonyl (C=O) groups is 2.